The van der Waals surface area contributed by atoms with Crippen LogP contribution < -0.4 is 10.2 Å². The van der Waals surface area contributed by atoms with Crippen molar-refractivity contribution in [3.05, 3.63) is 29.6 Å². The van der Waals surface area contributed by atoms with E-state index in [-0.39, 0.29) is 5.82 Å². The summed E-state index contributed by atoms with van der Waals surface area (Å²) < 4.78 is 14.0. The molecular weight excluding hydrogens is 255 g/mol. The first-order chi connectivity index (χ1) is 9.47. The lowest BCUT2D eigenvalue weighted by Crippen LogP contribution is -2.27. The van der Waals surface area contributed by atoms with Crippen LogP contribution in [0.1, 0.15) is 38.7 Å². The van der Waals surface area contributed by atoms with E-state index in [0.29, 0.717) is 19.5 Å². The standard InChI is InChI=1S/C16H25FN2O/c1-16(2,20)8-9-18-12-13-14(17)6-5-7-15(13)19-10-3-4-11-19/h5-7,18,20H,3-4,8-12H2,1-2H3. The summed E-state index contributed by atoms with van der Waals surface area (Å²) in [6, 6.07) is 5.30. The second-order valence-electron chi connectivity index (χ2n) is 6.17. The van der Waals surface area contributed by atoms with Gasteiger partial charge in [0.25, 0.3) is 0 Å². The minimum atomic E-state index is -0.681. The summed E-state index contributed by atoms with van der Waals surface area (Å²) in [5.74, 6) is -0.148. The molecule has 0 saturated carbocycles. The van der Waals surface area contributed by atoms with Gasteiger partial charge in [0.2, 0.25) is 0 Å². The molecule has 4 heteroatoms. The Kier molecular flexibility index (Phi) is 5.00. The molecule has 0 aromatic heterocycles. The van der Waals surface area contributed by atoms with E-state index in [1.54, 1.807) is 19.9 Å². The van der Waals surface area contributed by atoms with E-state index in [0.717, 1.165) is 24.3 Å². The molecule has 1 aliphatic heterocycles. The van der Waals surface area contributed by atoms with Gasteiger partial charge < -0.3 is 15.3 Å². The Hall–Kier alpha value is -1.13. The van der Waals surface area contributed by atoms with E-state index >= 15 is 0 Å². The van der Waals surface area contributed by atoms with Crippen LogP contribution in [0.25, 0.3) is 0 Å². The van der Waals surface area contributed by atoms with E-state index in [1.807, 2.05) is 6.07 Å². The molecule has 112 valence electrons. The Morgan fingerprint density at radius 3 is 2.65 bits per heavy atom. The van der Waals surface area contributed by atoms with Crippen molar-refractivity contribution < 1.29 is 9.50 Å². The van der Waals surface area contributed by atoms with Crippen molar-refractivity contribution in [2.24, 2.45) is 0 Å². The number of nitrogens with zero attached hydrogens (tertiary/aromatic N) is 1. The van der Waals surface area contributed by atoms with E-state index < -0.39 is 5.60 Å². The minimum Gasteiger partial charge on any atom is -0.390 e. The number of hydrogen-bond acceptors (Lipinski definition) is 3. The zero-order valence-corrected chi connectivity index (χ0v) is 12.5. The molecule has 2 rings (SSSR count). The molecule has 20 heavy (non-hydrogen) atoms. The van der Waals surface area contributed by atoms with Crippen molar-refractivity contribution >= 4 is 5.69 Å². The van der Waals surface area contributed by atoms with Crippen LogP contribution in [0.5, 0.6) is 0 Å². The van der Waals surface area contributed by atoms with Gasteiger partial charge in [-0.05, 0) is 51.8 Å². The van der Waals surface area contributed by atoms with Crippen LogP contribution >= 0.6 is 0 Å². The van der Waals surface area contributed by atoms with Crippen molar-refractivity contribution in [3.8, 4) is 0 Å². The minimum absolute atomic E-state index is 0.148. The molecule has 1 saturated heterocycles. The van der Waals surface area contributed by atoms with Crippen molar-refractivity contribution in [2.75, 3.05) is 24.5 Å². The maximum atomic E-state index is 14.0. The smallest absolute Gasteiger partial charge is 0.129 e. The molecule has 1 fully saturated rings. The van der Waals surface area contributed by atoms with Gasteiger partial charge in [0.15, 0.2) is 0 Å². The van der Waals surface area contributed by atoms with Crippen LogP contribution in [0.4, 0.5) is 10.1 Å². The number of hydrogen-bond donors (Lipinski definition) is 2. The van der Waals surface area contributed by atoms with Gasteiger partial charge in [-0.15, -0.1) is 0 Å². The molecule has 2 N–H and O–H groups in total. The fraction of sp³-hybridized carbons (Fsp3) is 0.625. The van der Waals surface area contributed by atoms with Crippen LogP contribution in [0.3, 0.4) is 0 Å². The molecule has 0 atom stereocenters. The molecule has 1 heterocycles. The third-order valence-electron chi connectivity index (χ3n) is 3.76. The van der Waals surface area contributed by atoms with Crippen LogP contribution in [0.2, 0.25) is 0 Å². The highest BCUT2D eigenvalue weighted by molar-refractivity contribution is 5.54. The molecule has 0 bridgehead atoms. The predicted octanol–water partition coefficient (Wildman–Crippen LogP) is 2.68. The number of halogens is 1. The molecule has 0 aliphatic carbocycles. The number of anilines is 1. The Labute approximate surface area is 120 Å². The molecule has 1 aromatic rings. The average Bonchev–Trinajstić information content (AvgIpc) is 2.88. The second kappa shape index (κ2) is 6.55. The first kappa shape index (κ1) is 15.3. The topological polar surface area (TPSA) is 35.5 Å². The molecule has 3 nitrogen and oxygen atoms in total. The van der Waals surface area contributed by atoms with Gasteiger partial charge in [-0.3, -0.25) is 0 Å². The van der Waals surface area contributed by atoms with Crippen LogP contribution in [0.15, 0.2) is 18.2 Å². The summed E-state index contributed by atoms with van der Waals surface area (Å²) in [6.45, 7) is 6.78. The maximum absolute atomic E-state index is 14.0. The Morgan fingerprint density at radius 1 is 1.30 bits per heavy atom. The van der Waals surface area contributed by atoms with Gasteiger partial charge in [0.1, 0.15) is 5.82 Å². The molecule has 0 amide bonds. The second-order valence-corrected chi connectivity index (χ2v) is 6.17. The quantitative estimate of drug-likeness (QED) is 0.786. The van der Waals surface area contributed by atoms with E-state index in [4.69, 9.17) is 0 Å². The normalized spacial score (nSPS) is 15.9. The van der Waals surface area contributed by atoms with Crippen molar-refractivity contribution in [3.63, 3.8) is 0 Å². The Morgan fingerprint density at radius 2 is 2.00 bits per heavy atom. The highest BCUT2D eigenvalue weighted by atomic mass is 19.1. The first-order valence-electron chi connectivity index (χ1n) is 7.43. The van der Waals surface area contributed by atoms with E-state index in [9.17, 15) is 9.50 Å². The lowest BCUT2D eigenvalue weighted by atomic mass is 10.1. The molecule has 0 unspecified atom stereocenters. The third-order valence-corrected chi connectivity index (χ3v) is 3.76. The lowest BCUT2D eigenvalue weighted by Gasteiger charge is -2.22. The largest absolute Gasteiger partial charge is 0.390 e. The van der Waals surface area contributed by atoms with Crippen LogP contribution in [-0.4, -0.2) is 30.3 Å². The molecular formula is C16H25FN2O. The van der Waals surface area contributed by atoms with Crippen LogP contribution in [-0.2, 0) is 6.54 Å². The van der Waals surface area contributed by atoms with Gasteiger partial charge in [-0.2, -0.15) is 0 Å². The summed E-state index contributed by atoms with van der Waals surface area (Å²) in [5, 5.41) is 12.9. The Bertz CT molecular complexity index is 437. The summed E-state index contributed by atoms with van der Waals surface area (Å²) in [7, 11) is 0. The fourth-order valence-corrected chi connectivity index (χ4v) is 2.58. The van der Waals surface area contributed by atoms with Crippen molar-refractivity contribution in [1.29, 1.82) is 0 Å². The highest BCUT2D eigenvalue weighted by Gasteiger charge is 2.18. The highest BCUT2D eigenvalue weighted by Crippen LogP contribution is 2.26. The number of nitrogens with one attached hydrogen (secondary N) is 1. The van der Waals surface area contributed by atoms with Crippen molar-refractivity contribution in [1.82, 2.24) is 5.32 Å². The molecule has 1 aliphatic rings. The monoisotopic (exact) mass is 280 g/mol. The number of rotatable bonds is 6. The maximum Gasteiger partial charge on any atom is 0.129 e. The molecule has 1 aromatic carbocycles. The van der Waals surface area contributed by atoms with E-state index in [1.165, 1.54) is 18.9 Å². The van der Waals surface area contributed by atoms with Gasteiger partial charge in [0.05, 0.1) is 5.60 Å². The summed E-state index contributed by atoms with van der Waals surface area (Å²) in [4.78, 5) is 2.26. The zero-order valence-electron chi connectivity index (χ0n) is 12.5. The summed E-state index contributed by atoms with van der Waals surface area (Å²) >= 11 is 0. The fourth-order valence-electron chi connectivity index (χ4n) is 2.58. The van der Waals surface area contributed by atoms with Gasteiger partial charge in [-0.25, -0.2) is 4.39 Å². The first-order valence-corrected chi connectivity index (χ1v) is 7.43. The van der Waals surface area contributed by atoms with Gasteiger partial charge in [0, 0.05) is 30.9 Å². The number of benzene rings is 1. The zero-order chi connectivity index (χ0) is 14.6. The Balaban J connectivity index is 1.99. The molecule has 0 radical (unpaired) electrons. The number of aliphatic hydroxyl groups is 1. The average molecular weight is 280 g/mol. The molecule has 0 spiro atoms. The summed E-state index contributed by atoms with van der Waals surface area (Å²) in [5.41, 5.74) is 1.07. The third kappa shape index (κ3) is 4.18. The van der Waals surface area contributed by atoms with Crippen molar-refractivity contribution in [2.45, 2.75) is 45.3 Å². The summed E-state index contributed by atoms with van der Waals surface area (Å²) in [6.07, 6.45) is 3.02. The van der Waals surface area contributed by atoms with Crippen LogP contribution in [0, 0.1) is 5.82 Å². The SMILES string of the molecule is CC(C)(O)CCNCc1c(F)cccc1N1CCCC1. The predicted molar refractivity (Wildman–Crippen MR) is 80.5 cm³/mol. The lowest BCUT2D eigenvalue weighted by molar-refractivity contribution is 0.0711. The van der Waals surface area contributed by atoms with Gasteiger partial charge in [-0.1, -0.05) is 6.07 Å². The van der Waals surface area contributed by atoms with Gasteiger partial charge >= 0.3 is 0 Å². The van der Waals surface area contributed by atoms with E-state index in [2.05, 4.69) is 10.2 Å².